The normalized spacial score (nSPS) is 10.5. The molecule has 78 valence electrons. The van der Waals surface area contributed by atoms with Crippen LogP contribution in [0.3, 0.4) is 0 Å². The highest BCUT2D eigenvalue weighted by Crippen LogP contribution is 2.05. The van der Waals surface area contributed by atoms with Gasteiger partial charge in [0.15, 0.2) is 0 Å². The van der Waals surface area contributed by atoms with Gasteiger partial charge in [-0.15, -0.1) is 0 Å². The van der Waals surface area contributed by atoms with E-state index < -0.39 is 0 Å². The molecule has 0 N–H and O–H groups in total. The zero-order chi connectivity index (χ0) is 10.8. The average molecular weight is 316 g/mol. The van der Waals surface area contributed by atoms with Crippen molar-refractivity contribution >= 4 is 22.6 Å². The number of pyridine rings is 1. The van der Waals surface area contributed by atoms with Crippen LogP contribution in [-0.2, 0) is 6.54 Å². The maximum absolute atomic E-state index is 11.7. The van der Waals surface area contributed by atoms with Crippen molar-refractivity contribution in [2.45, 2.75) is 13.5 Å². The lowest BCUT2D eigenvalue weighted by Crippen LogP contribution is -2.22. The van der Waals surface area contributed by atoms with Crippen molar-refractivity contribution in [3.8, 4) is 0 Å². The minimum Gasteiger partial charge on any atom is -0.364 e. The van der Waals surface area contributed by atoms with Gasteiger partial charge >= 0.3 is 0 Å². The first-order chi connectivity index (χ1) is 7.16. The minimum atomic E-state index is 0.0124. The average Bonchev–Trinajstić information content (AvgIpc) is 2.66. The third kappa shape index (κ3) is 2.28. The van der Waals surface area contributed by atoms with Gasteiger partial charge in [-0.1, -0.05) is 5.16 Å². The molecule has 0 atom stereocenters. The molecule has 0 bridgehead atoms. The molecule has 15 heavy (non-hydrogen) atoms. The van der Waals surface area contributed by atoms with Crippen LogP contribution in [0.25, 0.3) is 0 Å². The summed E-state index contributed by atoms with van der Waals surface area (Å²) in [5.74, 6) is 0. The van der Waals surface area contributed by atoms with E-state index >= 15 is 0 Å². The Morgan fingerprint density at radius 1 is 1.60 bits per heavy atom. The van der Waals surface area contributed by atoms with Gasteiger partial charge in [0.2, 0.25) is 0 Å². The van der Waals surface area contributed by atoms with E-state index in [-0.39, 0.29) is 5.56 Å². The second-order valence-corrected chi connectivity index (χ2v) is 4.51. The van der Waals surface area contributed by atoms with Crippen molar-refractivity contribution in [1.29, 1.82) is 0 Å². The van der Waals surface area contributed by atoms with Crippen LogP contribution >= 0.6 is 22.6 Å². The van der Waals surface area contributed by atoms with Crippen molar-refractivity contribution in [2.24, 2.45) is 0 Å². The summed E-state index contributed by atoms with van der Waals surface area (Å²) in [5.41, 5.74) is 1.50. The molecule has 2 rings (SSSR count). The molecule has 0 aliphatic heterocycles. The summed E-state index contributed by atoms with van der Waals surface area (Å²) < 4.78 is 7.39. The Morgan fingerprint density at radius 3 is 3.07 bits per heavy atom. The Balaban J connectivity index is 2.41. The molecule has 0 unspecified atom stereocenters. The Bertz CT molecular complexity index is 517. The van der Waals surface area contributed by atoms with E-state index in [1.54, 1.807) is 10.6 Å². The van der Waals surface area contributed by atoms with E-state index in [4.69, 9.17) is 4.52 Å². The van der Waals surface area contributed by atoms with E-state index in [0.29, 0.717) is 6.54 Å². The molecular weight excluding hydrogens is 307 g/mol. The highest BCUT2D eigenvalue weighted by Gasteiger charge is 2.04. The molecule has 5 heteroatoms. The topological polar surface area (TPSA) is 48.0 Å². The third-order valence-corrected chi connectivity index (χ3v) is 2.65. The molecule has 0 fully saturated rings. The van der Waals surface area contributed by atoms with Crippen LogP contribution in [0.5, 0.6) is 0 Å². The highest BCUT2D eigenvalue weighted by atomic mass is 127. The summed E-state index contributed by atoms with van der Waals surface area (Å²) in [6, 6.07) is 3.61. The summed E-state index contributed by atoms with van der Waals surface area (Å²) in [6.07, 6.45) is 3.31. The summed E-state index contributed by atoms with van der Waals surface area (Å²) >= 11 is 2.19. The van der Waals surface area contributed by atoms with E-state index in [9.17, 15) is 4.79 Å². The van der Waals surface area contributed by atoms with Crippen molar-refractivity contribution < 1.29 is 4.52 Å². The molecule has 2 aromatic heterocycles. The second-order valence-electron chi connectivity index (χ2n) is 3.27. The standard InChI is InChI=1S/C10H9IN2O2/c1-7-4-8(11)5-13(10(7)14)6-9-2-3-15-12-9/h2-5H,6H2,1H3. The second kappa shape index (κ2) is 4.18. The van der Waals surface area contributed by atoms with E-state index in [1.165, 1.54) is 6.26 Å². The number of hydrogen-bond acceptors (Lipinski definition) is 3. The number of hydrogen-bond donors (Lipinski definition) is 0. The Kier molecular flexibility index (Phi) is 2.90. The summed E-state index contributed by atoms with van der Waals surface area (Å²) in [5, 5.41) is 3.77. The predicted molar refractivity (Wildman–Crippen MR) is 63.8 cm³/mol. The summed E-state index contributed by atoms with van der Waals surface area (Å²) in [7, 11) is 0. The predicted octanol–water partition coefficient (Wildman–Crippen LogP) is 1.80. The van der Waals surface area contributed by atoms with Crippen molar-refractivity contribution in [1.82, 2.24) is 9.72 Å². The van der Waals surface area contributed by atoms with Crippen molar-refractivity contribution in [3.05, 3.63) is 49.8 Å². The fraction of sp³-hybridized carbons (Fsp3) is 0.200. The van der Waals surface area contributed by atoms with Gasteiger partial charge in [-0.2, -0.15) is 0 Å². The van der Waals surface area contributed by atoms with Gasteiger partial charge < -0.3 is 9.09 Å². The molecule has 0 aliphatic rings. The molecule has 0 aliphatic carbocycles. The lowest BCUT2D eigenvalue weighted by Gasteiger charge is -2.04. The summed E-state index contributed by atoms with van der Waals surface area (Å²) in [4.78, 5) is 11.7. The van der Waals surface area contributed by atoms with Crippen LogP contribution in [-0.4, -0.2) is 9.72 Å². The van der Waals surface area contributed by atoms with Crippen LogP contribution in [0.15, 0.2) is 33.9 Å². The molecule has 0 saturated carbocycles. The molecule has 2 heterocycles. The largest absolute Gasteiger partial charge is 0.364 e. The van der Waals surface area contributed by atoms with E-state index in [2.05, 4.69) is 27.7 Å². The quantitative estimate of drug-likeness (QED) is 0.794. The van der Waals surface area contributed by atoms with Gasteiger partial charge in [-0.25, -0.2) is 0 Å². The number of nitrogens with zero attached hydrogens (tertiary/aromatic N) is 2. The van der Waals surface area contributed by atoms with E-state index in [1.807, 2.05) is 19.2 Å². The van der Waals surface area contributed by atoms with Crippen molar-refractivity contribution in [3.63, 3.8) is 0 Å². The van der Waals surface area contributed by atoms with Crippen LogP contribution in [0, 0.1) is 10.5 Å². The van der Waals surface area contributed by atoms with Crippen LogP contribution in [0.4, 0.5) is 0 Å². The lowest BCUT2D eigenvalue weighted by molar-refractivity contribution is 0.409. The fourth-order valence-corrected chi connectivity index (χ4v) is 2.15. The summed E-state index contributed by atoms with van der Waals surface area (Å²) in [6.45, 7) is 2.26. The molecule has 0 radical (unpaired) electrons. The van der Waals surface area contributed by atoms with Gasteiger partial charge in [0.05, 0.1) is 6.54 Å². The van der Waals surface area contributed by atoms with Crippen LogP contribution in [0.1, 0.15) is 11.3 Å². The molecule has 0 aromatic carbocycles. The van der Waals surface area contributed by atoms with E-state index in [0.717, 1.165) is 14.8 Å². The third-order valence-electron chi connectivity index (χ3n) is 2.06. The molecule has 0 saturated heterocycles. The molecular formula is C10H9IN2O2. The van der Waals surface area contributed by atoms with Gasteiger partial charge in [0.25, 0.3) is 5.56 Å². The monoisotopic (exact) mass is 316 g/mol. The zero-order valence-electron chi connectivity index (χ0n) is 8.11. The zero-order valence-corrected chi connectivity index (χ0v) is 10.3. The van der Waals surface area contributed by atoms with Crippen molar-refractivity contribution in [2.75, 3.05) is 0 Å². The Labute approximate surface area is 100 Å². The van der Waals surface area contributed by atoms with Gasteiger partial charge in [0, 0.05) is 21.4 Å². The fourth-order valence-electron chi connectivity index (χ4n) is 1.35. The number of aromatic nitrogens is 2. The molecule has 0 amide bonds. The maximum atomic E-state index is 11.7. The number of halogens is 1. The highest BCUT2D eigenvalue weighted by molar-refractivity contribution is 14.1. The number of aryl methyl sites for hydroxylation is 1. The first-order valence-electron chi connectivity index (χ1n) is 4.42. The molecule has 0 spiro atoms. The Hall–Kier alpha value is -1.11. The van der Waals surface area contributed by atoms with Gasteiger partial charge in [-0.05, 0) is 35.6 Å². The first-order valence-corrected chi connectivity index (χ1v) is 5.50. The molecule has 4 nitrogen and oxygen atoms in total. The Morgan fingerprint density at radius 2 is 2.40 bits per heavy atom. The van der Waals surface area contributed by atoms with Crippen LogP contribution in [0.2, 0.25) is 0 Å². The van der Waals surface area contributed by atoms with Crippen LogP contribution < -0.4 is 5.56 Å². The maximum Gasteiger partial charge on any atom is 0.253 e. The smallest absolute Gasteiger partial charge is 0.253 e. The minimum absolute atomic E-state index is 0.0124. The number of rotatable bonds is 2. The molecule has 2 aromatic rings. The first kappa shape index (κ1) is 10.4. The van der Waals surface area contributed by atoms with Gasteiger partial charge in [-0.3, -0.25) is 4.79 Å². The lowest BCUT2D eigenvalue weighted by atomic mass is 10.3. The SMILES string of the molecule is Cc1cc(I)cn(Cc2ccon2)c1=O. The van der Waals surface area contributed by atoms with Gasteiger partial charge in [0.1, 0.15) is 12.0 Å².